The molecule has 16 heavy (non-hydrogen) atoms. The summed E-state index contributed by atoms with van der Waals surface area (Å²) in [5, 5.41) is 0. The van der Waals surface area contributed by atoms with E-state index in [1.165, 1.54) is 5.56 Å². The van der Waals surface area contributed by atoms with Gasteiger partial charge in [-0.05, 0) is 18.4 Å². The first-order valence-electron chi connectivity index (χ1n) is 5.48. The molecule has 0 saturated carbocycles. The summed E-state index contributed by atoms with van der Waals surface area (Å²) >= 11 is 0. The van der Waals surface area contributed by atoms with Crippen molar-refractivity contribution in [2.24, 2.45) is 0 Å². The van der Waals surface area contributed by atoms with Gasteiger partial charge in [-0.1, -0.05) is 30.3 Å². The quantitative estimate of drug-likeness (QED) is 0.541. The summed E-state index contributed by atoms with van der Waals surface area (Å²) in [7, 11) is 0.928. The zero-order valence-electron chi connectivity index (χ0n) is 10.2. The third-order valence-electron chi connectivity index (χ3n) is 2.56. The highest BCUT2D eigenvalue weighted by Gasteiger charge is 2.31. The van der Waals surface area contributed by atoms with Gasteiger partial charge in [-0.25, -0.2) is 0 Å². The largest absolute Gasteiger partial charge is 0.497 e. The lowest BCUT2D eigenvalue weighted by atomic mass is 10.1. The molecule has 0 amide bonds. The highest BCUT2D eigenvalue weighted by atomic mass is 28.4. The zero-order valence-corrected chi connectivity index (χ0v) is 11.2. The molecule has 1 rings (SSSR count). The second-order valence-electron chi connectivity index (χ2n) is 3.71. The zero-order chi connectivity index (χ0) is 11.9. The number of hydrogen-bond donors (Lipinski definition) is 0. The standard InChI is InChI=1S/C12H20O3Si/c1-13-16(3,14-2)15-11-7-10-12-8-5-4-6-9-12/h4-6,8-9H,7,10-11H2,1-3H3. The minimum atomic E-state index is -2.34. The maximum absolute atomic E-state index is 5.64. The predicted octanol–water partition coefficient (Wildman–Crippen LogP) is 2.50. The van der Waals surface area contributed by atoms with E-state index in [1.807, 2.05) is 12.6 Å². The van der Waals surface area contributed by atoms with Crippen LogP contribution in [-0.2, 0) is 19.7 Å². The van der Waals surface area contributed by atoms with Crippen LogP contribution in [-0.4, -0.2) is 29.6 Å². The first-order valence-corrected chi connectivity index (χ1v) is 7.71. The summed E-state index contributed by atoms with van der Waals surface area (Å²) in [5.74, 6) is 0. The van der Waals surface area contributed by atoms with Gasteiger partial charge in [-0.2, -0.15) is 0 Å². The van der Waals surface area contributed by atoms with Crippen LogP contribution >= 0.6 is 0 Å². The molecule has 3 nitrogen and oxygen atoms in total. The molecule has 4 heteroatoms. The Labute approximate surface area is 98.7 Å². The molecule has 0 aromatic heterocycles. The average Bonchev–Trinajstić information content (AvgIpc) is 2.36. The lowest BCUT2D eigenvalue weighted by Crippen LogP contribution is -2.40. The molecule has 0 heterocycles. The van der Waals surface area contributed by atoms with E-state index in [-0.39, 0.29) is 0 Å². The molecule has 90 valence electrons. The summed E-state index contributed by atoms with van der Waals surface area (Å²) in [5.41, 5.74) is 1.34. The lowest BCUT2D eigenvalue weighted by Gasteiger charge is -2.21. The van der Waals surface area contributed by atoms with Gasteiger partial charge in [0.05, 0.1) is 0 Å². The molecular weight excluding hydrogens is 220 g/mol. The Morgan fingerprint density at radius 2 is 1.69 bits per heavy atom. The minimum absolute atomic E-state index is 0.680. The van der Waals surface area contributed by atoms with Crippen molar-refractivity contribution in [2.45, 2.75) is 19.4 Å². The van der Waals surface area contributed by atoms with Crippen molar-refractivity contribution in [1.29, 1.82) is 0 Å². The molecule has 1 aromatic rings. The van der Waals surface area contributed by atoms with E-state index >= 15 is 0 Å². The molecule has 0 aliphatic heterocycles. The van der Waals surface area contributed by atoms with Crippen LogP contribution < -0.4 is 0 Å². The topological polar surface area (TPSA) is 27.7 Å². The number of hydrogen-bond acceptors (Lipinski definition) is 3. The Morgan fingerprint density at radius 1 is 1.06 bits per heavy atom. The molecule has 0 aliphatic rings. The third kappa shape index (κ3) is 4.45. The fourth-order valence-corrected chi connectivity index (χ4v) is 2.30. The van der Waals surface area contributed by atoms with Crippen LogP contribution in [0.15, 0.2) is 30.3 Å². The van der Waals surface area contributed by atoms with Crippen LogP contribution in [0, 0.1) is 0 Å². The summed E-state index contributed by atoms with van der Waals surface area (Å²) < 4.78 is 16.1. The molecule has 0 aliphatic carbocycles. The van der Waals surface area contributed by atoms with Crippen LogP contribution in [0.1, 0.15) is 12.0 Å². The van der Waals surface area contributed by atoms with Crippen LogP contribution in [0.2, 0.25) is 6.55 Å². The molecule has 0 radical (unpaired) electrons. The lowest BCUT2D eigenvalue weighted by molar-refractivity contribution is 0.105. The van der Waals surface area contributed by atoms with E-state index in [0.29, 0.717) is 6.61 Å². The third-order valence-corrected chi connectivity index (χ3v) is 4.77. The number of rotatable bonds is 7. The van der Waals surface area contributed by atoms with Crippen LogP contribution in [0.5, 0.6) is 0 Å². The number of benzene rings is 1. The van der Waals surface area contributed by atoms with Crippen LogP contribution in [0.25, 0.3) is 0 Å². The maximum Gasteiger partial charge on any atom is 0.497 e. The van der Waals surface area contributed by atoms with Gasteiger partial charge in [-0.3, -0.25) is 0 Å². The maximum atomic E-state index is 5.64. The SMILES string of the molecule is CO[Si](C)(OC)OCCCc1ccccc1. The van der Waals surface area contributed by atoms with Gasteiger partial charge in [0, 0.05) is 27.4 Å². The predicted molar refractivity (Wildman–Crippen MR) is 66.4 cm³/mol. The first-order chi connectivity index (χ1) is 7.70. The van der Waals surface area contributed by atoms with E-state index in [9.17, 15) is 0 Å². The molecule has 0 bridgehead atoms. The van der Waals surface area contributed by atoms with Crippen molar-refractivity contribution in [3.63, 3.8) is 0 Å². The molecule has 0 spiro atoms. The van der Waals surface area contributed by atoms with E-state index in [2.05, 4.69) is 24.3 Å². The first kappa shape index (κ1) is 13.4. The molecule has 0 fully saturated rings. The Morgan fingerprint density at radius 3 is 2.25 bits per heavy atom. The normalized spacial score (nSPS) is 11.7. The summed E-state index contributed by atoms with van der Waals surface area (Å²) in [6.45, 7) is 2.58. The summed E-state index contributed by atoms with van der Waals surface area (Å²) in [6, 6.07) is 10.4. The molecular formula is C12H20O3Si. The molecule has 0 atom stereocenters. The van der Waals surface area contributed by atoms with Gasteiger partial charge in [0.1, 0.15) is 0 Å². The van der Waals surface area contributed by atoms with Crippen LogP contribution in [0.3, 0.4) is 0 Å². The van der Waals surface area contributed by atoms with Crippen LogP contribution in [0.4, 0.5) is 0 Å². The molecule has 1 aromatic carbocycles. The van der Waals surface area contributed by atoms with Crippen molar-refractivity contribution in [2.75, 3.05) is 20.8 Å². The number of aryl methyl sites for hydroxylation is 1. The Kier molecular flexibility index (Phi) is 5.69. The van der Waals surface area contributed by atoms with Gasteiger partial charge >= 0.3 is 8.80 Å². The molecule has 0 N–H and O–H groups in total. The second kappa shape index (κ2) is 6.80. The monoisotopic (exact) mass is 240 g/mol. The van der Waals surface area contributed by atoms with Gasteiger partial charge in [-0.15, -0.1) is 0 Å². The van der Waals surface area contributed by atoms with Gasteiger partial charge < -0.3 is 13.3 Å². The van der Waals surface area contributed by atoms with Gasteiger partial charge in [0.25, 0.3) is 0 Å². The highest BCUT2D eigenvalue weighted by molar-refractivity contribution is 6.59. The summed E-state index contributed by atoms with van der Waals surface area (Å²) in [4.78, 5) is 0. The Bertz CT molecular complexity index is 286. The highest BCUT2D eigenvalue weighted by Crippen LogP contribution is 2.08. The van der Waals surface area contributed by atoms with Crippen molar-refractivity contribution < 1.29 is 13.3 Å². The fourth-order valence-electron chi connectivity index (χ4n) is 1.38. The minimum Gasteiger partial charge on any atom is -0.377 e. The van der Waals surface area contributed by atoms with E-state index in [4.69, 9.17) is 13.3 Å². The van der Waals surface area contributed by atoms with Crippen molar-refractivity contribution in [1.82, 2.24) is 0 Å². The van der Waals surface area contributed by atoms with E-state index < -0.39 is 8.80 Å². The van der Waals surface area contributed by atoms with E-state index in [1.54, 1.807) is 14.2 Å². The fraction of sp³-hybridized carbons (Fsp3) is 0.500. The van der Waals surface area contributed by atoms with Crippen molar-refractivity contribution >= 4 is 8.80 Å². The average molecular weight is 240 g/mol. The Hall–Kier alpha value is -0.683. The molecule has 0 unspecified atom stereocenters. The Balaban J connectivity index is 2.22. The van der Waals surface area contributed by atoms with Gasteiger partial charge in [0.2, 0.25) is 0 Å². The second-order valence-corrected chi connectivity index (χ2v) is 6.54. The van der Waals surface area contributed by atoms with Gasteiger partial charge in [0.15, 0.2) is 0 Å². The smallest absolute Gasteiger partial charge is 0.377 e. The summed E-state index contributed by atoms with van der Waals surface area (Å²) in [6.07, 6.45) is 2.01. The van der Waals surface area contributed by atoms with Crippen molar-refractivity contribution in [3.05, 3.63) is 35.9 Å². The van der Waals surface area contributed by atoms with E-state index in [0.717, 1.165) is 12.8 Å². The molecule has 0 saturated heterocycles. The van der Waals surface area contributed by atoms with Crippen molar-refractivity contribution in [3.8, 4) is 0 Å².